The summed E-state index contributed by atoms with van der Waals surface area (Å²) < 4.78 is 45.2. The molecule has 0 unspecified atom stereocenters. The Balaban J connectivity index is 1.66. The molecule has 7 heteroatoms. The lowest BCUT2D eigenvalue weighted by Crippen LogP contribution is -2.38. The highest BCUT2D eigenvalue weighted by atomic mass is 19.4. The number of piperidine rings is 1. The Morgan fingerprint density at radius 2 is 1.85 bits per heavy atom. The van der Waals surface area contributed by atoms with Crippen molar-refractivity contribution in [2.24, 2.45) is 0 Å². The van der Waals surface area contributed by atoms with E-state index in [9.17, 15) is 13.2 Å². The summed E-state index contributed by atoms with van der Waals surface area (Å²) in [7, 11) is 0. The molecule has 3 rings (SSSR count). The Bertz CT molecular complexity index is 804. The van der Waals surface area contributed by atoms with Gasteiger partial charge in [-0.3, -0.25) is 0 Å². The van der Waals surface area contributed by atoms with Crippen LogP contribution in [-0.4, -0.2) is 24.2 Å². The van der Waals surface area contributed by atoms with Gasteiger partial charge in [0.25, 0.3) is 0 Å². The molecule has 0 spiro atoms. The number of halogens is 3. The molecule has 136 valence electrons. The third-order valence-corrected chi connectivity index (χ3v) is 4.42. The van der Waals surface area contributed by atoms with Gasteiger partial charge < -0.3 is 9.64 Å². The zero-order chi connectivity index (χ0) is 18.7. The Hall–Kier alpha value is -2.75. The first-order valence-electron chi connectivity index (χ1n) is 8.32. The molecule has 2 aromatic rings. The quantitative estimate of drug-likeness (QED) is 0.817. The predicted octanol–water partition coefficient (Wildman–Crippen LogP) is 4.33. The highest BCUT2D eigenvalue weighted by molar-refractivity contribution is 5.51. The molecule has 0 amide bonds. The Labute approximate surface area is 149 Å². The van der Waals surface area contributed by atoms with E-state index in [2.05, 4.69) is 4.98 Å². The van der Waals surface area contributed by atoms with Crippen molar-refractivity contribution in [3.8, 4) is 11.8 Å². The first kappa shape index (κ1) is 18.1. The minimum absolute atomic E-state index is 0.0300. The molecule has 0 N–H and O–H groups in total. The fourth-order valence-corrected chi connectivity index (χ4v) is 2.97. The van der Waals surface area contributed by atoms with Gasteiger partial charge in [-0.05, 0) is 25.1 Å². The summed E-state index contributed by atoms with van der Waals surface area (Å²) in [5.41, 5.74) is -0.0552. The smallest absolute Gasteiger partial charge is 0.419 e. The average Bonchev–Trinajstić information content (AvgIpc) is 2.63. The van der Waals surface area contributed by atoms with Crippen molar-refractivity contribution < 1.29 is 17.9 Å². The fourth-order valence-electron chi connectivity index (χ4n) is 2.97. The minimum atomic E-state index is -4.60. The van der Waals surface area contributed by atoms with Gasteiger partial charge in [0.15, 0.2) is 5.69 Å². The van der Waals surface area contributed by atoms with Gasteiger partial charge in [0.05, 0.1) is 17.4 Å². The van der Waals surface area contributed by atoms with E-state index in [1.807, 2.05) is 36.1 Å². The summed E-state index contributed by atoms with van der Waals surface area (Å²) in [6.45, 7) is 3.14. The van der Waals surface area contributed by atoms with Crippen molar-refractivity contribution in [1.29, 1.82) is 5.26 Å². The van der Waals surface area contributed by atoms with E-state index in [1.165, 1.54) is 12.3 Å². The molecule has 1 aliphatic rings. The van der Waals surface area contributed by atoms with Crippen LogP contribution in [0.25, 0.3) is 0 Å². The number of benzene rings is 1. The van der Waals surface area contributed by atoms with Crippen LogP contribution in [0.5, 0.6) is 5.75 Å². The standard InChI is InChI=1S/C19H18F3N3O/c1-13-2-4-15(5-3-13)26-16-6-8-25(9-7-16)14-10-17(19(20,21)22)18(11-23)24-12-14/h2-5,10,12,16H,6-9H2,1H3. The second-order valence-corrected chi connectivity index (χ2v) is 6.32. The number of hydrogen-bond donors (Lipinski definition) is 0. The van der Waals surface area contributed by atoms with Gasteiger partial charge in [-0.2, -0.15) is 18.4 Å². The predicted molar refractivity (Wildman–Crippen MR) is 91.0 cm³/mol. The maximum absolute atomic E-state index is 13.1. The maximum atomic E-state index is 13.1. The number of alkyl halides is 3. The average molecular weight is 361 g/mol. The zero-order valence-electron chi connectivity index (χ0n) is 14.3. The number of ether oxygens (including phenoxy) is 1. The fraction of sp³-hybridized carbons (Fsp3) is 0.368. The number of hydrogen-bond acceptors (Lipinski definition) is 4. The van der Waals surface area contributed by atoms with E-state index >= 15 is 0 Å². The number of rotatable bonds is 3. The van der Waals surface area contributed by atoms with Crippen molar-refractivity contribution in [3.05, 3.63) is 53.3 Å². The van der Waals surface area contributed by atoms with Gasteiger partial charge in [0.2, 0.25) is 0 Å². The van der Waals surface area contributed by atoms with Crippen molar-refractivity contribution in [2.45, 2.75) is 32.0 Å². The molecule has 0 bridgehead atoms. The van der Waals surface area contributed by atoms with E-state index in [-0.39, 0.29) is 6.10 Å². The van der Waals surface area contributed by atoms with E-state index < -0.39 is 17.4 Å². The van der Waals surface area contributed by atoms with Crippen molar-refractivity contribution in [2.75, 3.05) is 18.0 Å². The third-order valence-electron chi connectivity index (χ3n) is 4.42. The number of aryl methyl sites for hydroxylation is 1. The first-order valence-corrected chi connectivity index (χ1v) is 8.32. The lowest BCUT2D eigenvalue weighted by molar-refractivity contribution is -0.138. The highest BCUT2D eigenvalue weighted by Crippen LogP contribution is 2.34. The summed E-state index contributed by atoms with van der Waals surface area (Å²) in [4.78, 5) is 5.53. The van der Waals surface area contributed by atoms with E-state index in [0.717, 1.165) is 17.4 Å². The van der Waals surface area contributed by atoms with Gasteiger partial charge >= 0.3 is 6.18 Å². The summed E-state index contributed by atoms with van der Waals surface area (Å²) >= 11 is 0. The van der Waals surface area contributed by atoms with Crippen LogP contribution < -0.4 is 9.64 Å². The van der Waals surface area contributed by atoms with Gasteiger partial charge in [0, 0.05) is 25.9 Å². The van der Waals surface area contributed by atoms with Gasteiger partial charge in [-0.25, -0.2) is 4.98 Å². The van der Waals surface area contributed by atoms with Gasteiger partial charge in [0.1, 0.15) is 17.9 Å². The monoisotopic (exact) mass is 361 g/mol. The molecule has 1 saturated heterocycles. The van der Waals surface area contributed by atoms with E-state index in [4.69, 9.17) is 10.00 Å². The number of aromatic nitrogens is 1. The minimum Gasteiger partial charge on any atom is -0.490 e. The molecule has 1 aromatic carbocycles. The molecule has 0 saturated carbocycles. The molecule has 26 heavy (non-hydrogen) atoms. The first-order chi connectivity index (χ1) is 12.4. The number of nitriles is 1. The van der Waals surface area contributed by atoms with Gasteiger partial charge in [-0.1, -0.05) is 17.7 Å². The van der Waals surface area contributed by atoms with Crippen LogP contribution in [0.1, 0.15) is 29.7 Å². The van der Waals surface area contributed by atoms with Crippen molar-refractivity contribution in [3.63, 3.8) is 0 Å². The largest absolute Gasteiger partial charge is 0.490 e. The molecule has 1 aliphatic heterocycles. The highest BCUT2D eigenvalue weighted by Gasteiger charge is 2.35. The Morgan fingerprint density at radius 1 is 1.19 bits per heavy atom. The maximum Gasteiger partial charge on any atom is 0.419 e. The second kappa shape index (κ2) is 7.24. The van der Waals surface area contributed by atoms with Gasteiger partial charge in [-0.15, -0.1) is 0 Å². The molecule has 0 aliphatic carbocycles. The Kier molecular flexibility index (Phi) is 5.03. The third kappa shape index (κ3) is 4.07. The second-order valence-electron chi connectivity index (χ2n) is 6.32. The van der Waals surface area contributed by atoms with Crippen LogP contribution >= 0.6 is 0 Å². The molecule has 1 aromatic heterocycles. The summed E-state index contributed by atoms with van der Waals surface area (Å²) in [5.74, 6) is 0.799. The van der Waals surface area contributed by atoms with Crippen LogP contribution in [0.2, 0.25) is 0 Å². The van der Waals surface area contributed by atoms with Crippen molar-refractivity contribution >= 4 is 5.69 Å². The molecule has 4 nitrogen and oxygen atoms in total. The molecule has 2 heterocycles. The Morgan fingerprint density at radius 3 is 2.42 bits per heavy atom. The lowest BCUT2D eigenvalue weighted by atomic mass is 10.1. The van der Waals surface area contributed by atoms with E-state index in [1.54, 1.807) is 0 Å². The van der Waals surface area contributed by atoms with Crippen LogP contribution in [0, 0.1) is 18.3 Å². The van der Waals surface area contributed by atoms with Crippen LogP contribution in [0.3, 0.4) is 0 Å². The zero-order valence-corrected chi connectivity index (χ0v) is 14.3. The molecular formula is C19H18F3N3O. The lowest BCUT2D eigenvalue weighted by Gasteiger charge is -2.33. The van der Waals surface area contributed by atoms with Crippen LogP contribution in [0.15, 0.2) is 36.5 Å². The molecule has 0 radical (unpaired) electrons. The normalized spacial score (nSPS) is 15.6. The molecule has 1 fully saturated rings. The van der Waals surface area contributed by atoms with Crippen LogP contribution in [-0.2, 0) is 6.18 Å². The number of pyridine rings is 1. The van der Waals surface area contributed by atoms with Crippen LogP contribution in [0.4, 0.5) is 18.9 Å². The molecular weight excluding hydrogens is 343 g/mol. The summed E-state index contributed by atoms with van der Waals surface area (Å²) in [5, 5.41) is 8.83. The van der Waals surface area contributed by atoms with Crippen molar-refractivity contribution in [1.82, 2.24) is 4.98 Å². The van der Waals surface area contributed by atoms with E-state index in [0.29, 0.717) is 31.6 Å². The number of anilines is 1. The topological polar surface area (TPSA) is 49.1 Å². The summed E-state index contributed by atoms with van der Waals surface area (Å²) in [6, 6.07) is 10.3. The number of nitrogens with zero attached hydrogens (tertiary/aromatic N) is 3. The molecule has 0 atom stereocenters. The SMILES string of the molecule is Cc1ccc(OC2CCN(c3cnc(C#N)c(C(F)(F)F)c3)CC2)cc1. The summed E-state index contributed by atoms with van der Waals surface area (Å²) in [6.07, 6.45) is -1.83.